The zero-order valence-electron chi connectivity index (χ0n) is 19.2. The normalized spacial score (nSPS) is 11.4. The summed E-state index contributed by atoms with van der Waals surface area (Å²) in [6, 6.07) is 11.0. The van der Waals surface area contributed by atoms with Crippen molar-refractivity contribution in [3.05, 3.63) is 77.6 Å². The van der Waals surface area contributed by atoms with Crippen molar-refractivity contribution in [2.45, 2.75) is 19.2 Å². The fraction of sp³-hybridized carbons (Fsp3) is 0.240. The molecule has 188 valence electrons. The van der Waals surface area contributed by atoms with Gasteiger partial charge in [-0.3, -0.25) is 9.48 Å². The summed E-state index contributed by atoms with van der Waals surface area (Å²) >= 11 is 0. The molecule has 11 heteroatoms. The lowest BCUT2D eigenvalue weighted by molar-refractivity contribution is -0.138. The van der Waals surface area contributed by atoms with Crippen molar-refractivity contribution in [3.8, 4) is 17.2 Å². The number of hydrogen-bond donors (Lipinski definition) is 2. The van der Waals surface area contributed by atoms with E-state index in [9.17, 15) is 23.1 Å². The van der Waals surface area contributed by atoms with Crippen LogP contribution in [0.5, 0.6) is 17.2 Å². The maximum absolute atomic E-state index is 13.0. The Hall–Kier alpha value is -4.28. The molecule has 0 fully saturated rings. The van der Waals surface area contributed by atoms with E-state index in [1.807, 2.05) is 6.07 Å². The lowest BCUT2D eigenvalue weighted by Crippen LogP contribution is -2.25. The molecule has 2 N–H and O–H groups in total. The topological polar surface area (TPSA) is 98.5 Å². The number of alkyl halides is 3. The fourth-order valence-corrected chi connectivity index (χ4v) is 3.52. The second kappa shape index (κ2) is 10.5. The van der Waals surface area contributed by atoms with Gasteiger partial charge in [-0.05, 0) is 36.8 Å². The third kappa shape index (κ3) is 6.04. The van der Waals surface area contributed by atoms with Crippen molar-refractivity contribution in [1.82, 2.24) is 20.1 Å². The van der Waals surface area contributed by atoms with E-state index >= 15 is 0 Å². The first-order chi connectivity index (χ1) is 17.2. The summed E-state index contributed by atoms with van der Waals surface area (Å²) in [5, 5.41) is 17.7. The Morgan fingerprint density at radius 2 is 1.92 bits per heavy atom. The van der Waals surface area contributed by atoms with Crippen molar-refractivity contribution in [1.29, 1.82) is 0 Å². The van der Waals surface area contributed by atoms with Gasteiger partial charge in [0.2, 0.25) is 0 Å². The van der Waals surface area contributed by atoms with Gasteiger partial charge in [0.05, 0.1) is 18.4 Å². The van der Waals surface area contributed by atoms with Crippen LogP contribution in [0.1, 0.15) is 27.9 Å². The monoisotopic (exact) mass is 500 g/mol. The number of ether oxygens (including phenoxy) is 2. The maximum Gasteiger partial charge on any atom is 0.419 e. The van der Waals surface area contributed by atoms with Gasteiger partial charge in [-0.15, -0.1) is 0 Å². The van der Waals surface area contributed by atoms with Gasteiger partial charge >= 0.3 is 6.18 Å². The molecule has 36 heavy (non-hydrogen) atoms. The molecule has 1 amide bonds. The maximum atomic E-state index is 13.0. The molecule has 0 unspecified atom stereocenters. The van der Waals surface area contributed by atoms with E-state index in [1.54, 1.807) is 24.1 Å². The van der Waals surface area contributed by atoms with Crippen LogP contribution in [0.25, 0.3) is 11.0 Å². The first-order valence-corrected chi connectivity index (χ1v) is 11.0. The number of nitrogens with zero attached hydrogens (tertiary/aromatic N) is 3. The molecule has 8 nitrogen and oxygen atoms in total. The number of aromatic hydroxyl groups is 1. The number of para-hydroxylation sites is 1. The minimum atomic E-state index is -4.51. The van der Waals surface area contributed by atoms with E-state index in [0.717, 1.165) is 22.7 Å². The zero-order chi connectivity index (χ0) is 25.7. The van der Waals surface area contributed by atoms with E-state index in [1.165, 1.54) is 36.4 Å². The van der Waals surface area contributed by atoms with Crippen LogP contribution in [-0.2, 0) is 19.8 Å². The van der Waals surface area contributed by atoms with Crippen LogP contribution in [0.3, 0.4) is 0 Å². The molecular formula is C25H23F3N4O4. The van der Waals surface area contributed by atoms with Gasteiger partial charge in [0.15, 0.2) is 5.65 Å². The number of nitrogens with one attached hydrogen (secondary N) is 1. The Kier molecular flexibility index (Phi) is 7.28. The van der Waals surface area contributed by atoms with Crippen LogP contribution in [-0.4, -0.2) is 38.9 Å². The minimum absolute atomic E-state index is 0.0168. The first kappa shape index (κ1) is 24.8. The Labute approximate surface area is 204 Å². The number of carbonyl (C=O) groups excluding carboxylic acids is 1. The van der Waals surface area contributed by atoms with Crippen LogP contribution in [0.2, 0.25) is 0 Å². The first-order valence-electron chi connectivity index (χ1n) is 11.0. The molecule has 0 saturated heterocycles. The number of amides is 1. The molecule has 0 radical (unpaired) electrons. The number of carbonyl (C=O) groups is 1. The summed E-state index contributed by atoms with van der Waals surface area (Å²) in [4.78, 5) is 16.8. The fourth-order valence-electron chi connectivity index (χ4n) is 3.52. The van der Waals surface area contributed by atoms with Crippen LogP contribution >= 0.6 is 0 Å². The summed E-state index contributed by atoms with van der Waals surface area (Å²) in [6.45, 7) is 0.311. The van der Waals surface area contributed by atoms with Crippen LogP contribution in [0.4, 0.5) is 13.2 Å². The lowest BCUT2D eigenvalue weighted by atomic mass is 10.2. The number of rotatable bonds is 9. The zero-order valence-corrected chi connectivity index (χ0v) is 19.2. The third-order valence-electron chi connectivity index (χ3n) is 5.24. The van der Waals surface area contributed by atoms with Gasteiger partial charge in [-0.1, -0.05) is 12.1 Å². The number of aromatic nitrogens is 3. The molecule has 0 aliphatic heterocycles. The van der Waals surface area contributed by atoms with Crippen molar-refractivity contribution < 1.29 is 32.5 Å². The number of phenolic OH excluding ortho intramolecular Hbond substituents is 1. The average Bonchev–Trinajstić information content (AvgIpc) is 3.21. The standard InChI is InChI=1S/C25H23F3N4O4/c1-32-23-18(14-31-32)9-16(13-30-23)15-36-20-11-17(10-19(33)12-20)24(34)29-7-4-8-35-22-6-3-2-5-21(22)25(26,27)28/h2-3,5-6,9-14,33H,4,7-8,15H2,1H3,(H,29,34). The molecule has 2 aromatic heterocycles. The van der Waals surface area contributed by atoms with Gasteiger partial charge in [0.1, 0.15) is 23.9 Å². The Balaban J connectivity index is 1.29. The molecule has 0 saturated carbocycles. The smallest absolute Gasteiger partial charge is 0.419 e. The summed E-state index contributed by atoms with van der Waals surface area (Å²) in [5.41, 5.74) is 0.855. The summed E-state index contributed by atoms with van der Waals surface area (Å²) in [5.74, 6) is -0.585. The van der Waals surface area contributed by atoms with Gasteiger partial charge in [0, 0.05) is 42.4 Å². The van der Waals surface area contributed by atoms with Crippen LogP contribution in [0, 0.1) is 0 Å². The second-order valence-corrected chi connectivity index (χ2v) is 7.98. The second-order valence-electron chi connectivity index (χ2n) is 7.98. The molecule has 2 aromatic carbocycles. The number of halogens is 3. The number of fused-ring (bicyclic) bond motifs is 1. The lowest BCUT2D eigenvalue weighted by Gasteiger charge is -2.14. The largest absolute Gasteiger partial charge is 0.508 e. The highest BCUT2D eigenvalue weighted by molar-refractivity contribution is 5.95. The van der Waals surface area contributed by atoms with E-state index in [4.69, 9.17) is 9.47 Å². The van der Waals surface area contributed by atoms with Gasteiger partial charge < -0.3 is 19.9 Å². The predicted octanol–water partition coefficient (Wildman–Crippen LogP) is 4.47. The quantitative estimate of drug-likeness (QED) is 0.329. The van der Waals surface area contributed by atoms with Crippen molar-refractivity contribution in [3.63, 3.8) is 0 Å². The van der Waals surface area contributed by atoms with E-state index in [-0.39, 0.29) is 43.2 Å². The van der Waals surface area contributed by atoms with Crippen molar-refractivity contribution in [2.24, 2.45) is 7.05 Å². The van der Waals surface area contributed by atoms with Crippen molar-refractivity contribution >= 4 is 16.9 Å². The summed E-state index contributed by atoms with van der Waals surface area (Å²) < 4.78 is 51.7. The molecule has 0 aliphatic rings. The van der Waals surface area contributed by atoms with E-state index in [0.29, 0.717) is 5.75 Å². The Morgan fingerprint density at radius 3 is 2.72 bits per heavy atom. The minimum Gasteiger partial charge on any atom is -0.508 e. The number of pyridine rings is 1. The molecule has 0 aliphatic carbocycles. The highest BCUT2D eigenvalue weighted by atomic mass is 19.4. The average molecular weight is 500 g/mol. The highest BCUT2D eigenvalue weighted by Gasteiger charge is 2.33. The van der Waals surface area contributed by atoms with Gasteiger partial charge in [-0.25, -0.2) is 4.98 Å². The molecule has 4 aromatic rings. The Morgan fingerprint density at radius 1 is 1.11 bits per heavy atom. The molecule has 4 rings (SSSR count). The summed E-state index contributed by atoms with van der Waals surface area (Å²) in [6.07, 6.45) is -0.871. The van der Waals surface area contributed by atoms with Gasteiger partial charge in [0.25, 0.3) is 5.91 Å². The summed E-state index contributed by atoms with van der Waals surface area (Å²) in [7, 11) is 1.80. The van der Waals surface area contributed by atoms with Crippen LogP contribution in [0.15, 0.2) is 60.9 Å². The van der Waals surface area contributed by atoms with Gasteiger partial charge in [-0.2, -0.15) is 18.3 Å². The molecule has 0 atom stereocenters. The predicted molar refractivity (Wildman–Crippen MR) is 125 cm³/mol. The molecule has 2 heterocycles. The number of phenols is 1. The number of aryl methyl sites for hydroxylation is 1. The van der Waals surface area contributed by atoms with E-state index < -0.39 is 17.6 Å². The molecule has 0 bridgehead atoms. The van der Waals surface area contributed by atoms with E-state index in [2.05, 4.69) is 15.4 Å². The van der Waals surface area contributed by atoms with Crippen LogP contribution < -0.4 is 14.8 Å². The molecule has 0 spiro atoms. The highest BCUT2D eigenvalue weighted by Crippen LogP contribution is 2.35. The van der Waals surface area contributed by atoms with Crippen molar-refractivity contribution in [2.75, 3.05) is 13.2 Å². The third-order valence-corrected chi connectivity index (χ3v) is 5.24. The molecular weight excluding hydrogens is 477 g/mol. The number of benzene rings is 2. The number of hydrogen-bond acceptors (Lipinski definition) is 6. The SMILES string of the molecule is Cn1ncc2cc(COc3cc(O)cc(C(=O)NCCCOc4ccccc4C(F)(F)F)c3)cnc21. The Bertz CT molecular complexity index is 1370.